The van der Waals surface area contributed by atoms with E-state index < -0.39 is 0 Å². The highest BCUT2D eigenvalue weighted by atomic mass is 16.5. The van der Waals surface area contributed by atoms with Crippen LogP contribution in [0, 0.1) is 0 Å². The van der Waals surface area contributed by atoms with E-state index >= 15 is 0 Å². The number of hydrogen-bond acceptors (Lipinski definition) is 1. The fraction of sp³-hybridized carbons (Fsp3) is 0.143. The normalized spacial score (nSPS) is 10.2. The molecule has 2 aromatic carbocycles. The van der Waals surface area contributed by atoms with Crippen molar-refractivity contribution >= 4 is 10.8 Å². The monoisotopic (exact) mass is 198 g/mol. The van der Waals surface area contributed by atoms with Crippen LogP contribution in [-0.4, -0.2) is 6.61 Å². The number of fused-ring (bicyclic) bond motifs is 1. The van der Waals surface area contributed by atoms with Gasteiger partial charge in [-0.3, -0.25) is 0 Å². The first-order valence-electron chi connectivity index (χ1n) is 5.02. The van der Waals surface area contributed by atoms with Crippen molar-refractivity contribution in [2.45, 2.75) is 6.92 Å². The van der Waals surface area contributed by atoms with Crippen LogP contribution in [0.15, 0.2) is 54.6 Å². The first kappa shape index (κ1) is 9.78. The minimum Gasteiger partial charge on any atom is -0.489 e. The van der Waals surface area contributed by atoms with Crippen LogP contribution in [0.4, 0.5) is 0 Å². The van der Waals surface area contributed by atoms with Crippen LogP contribution in [0.5, 0.6) is 5.75 Å². The molecule has 1 heteroatoms. The Labute approximate surface area is 90.0 Å². The van der Waals surface area contributed by atoms with Crippen LogP contribution in [0.25, 0.3) is 10.8 Å². The molecule has 76 valence electrons. The Morgan fingerprint density at radius 1 is 1.13 bits per heavy atom. The molecule has 0 spiro atoms. The van der Waals surface area contributed by atoms with Crippen molar-refractivity contribution in [3.8, 4) is 5.75 Å². The molecule has 0 N–H and O–H groups in total. The van der Waals surface area contributed by atoms with Gasteiger partial charge in [-0.25, -0.2) is 0 Å². The van der Waals surface area contributed by atoms with Crippen LogP contribution < -0.4 is 4.74 Å². The molecule has 0 amide bonds. The Morgan fingerprint density at radius 2 is 1.87 bits per heavy atom. The highest BCUT2D eigenvalue weighted by molar-refractivity contribution is 5.83. The summed E-state index contributed by atoms with van der Waals surface area (Å²) in [7, 11) is 0. The lowest BCUT2D eigenvalue weighted by Gasteiger charge is -2.06. The third kappa shape index (κ3) is 2.38. The van der Waals surface area contributed by atoms with Gasteiger partial charge in [0.1, 0.15) is 12.4 Å². The van der Waals surface area contributed by atoms with Gasteiger partial charge < -0.3 is 4.74 Å². The van der Waals surface area contributed by atoms with Crippen molar-refractivity contribution in [1.29, 1.82) is 0 Å². The molecular weight excluding hydrogens is 184 g/mol. The Balaban J connectivity index is 2.26. The zero-order valence-electron chi connectivity index (χ0n) is 8.86. The maximum atomic E-state index is 5.58. The highest BCUT2D eigenvalue weighted by Gasteiger charge is 1.96. The third-order valence-electron chi connectivity index (χ3n) is 2.21. The molecule has 0 aromatic heterocycles. The predicted molar refractivity (Wildman–Crippen MR) is 64.3 cm³/mol. The summed E-state index contributed by atoms with van der Waals surface area (Å²) in [6.07, 6.45) is 0. The molecule has 0 aliphatic heterocycles. The molecule has 0 atom stereocenters. The van der Waals surface area contributed by atoms with Crippen molar-refractivity contribution in [3.63, 3.8) is 0 Å². The van der Waals surface area contributed by atoms with Gasteiger partial charge in [0.25, 0.3) is 0 Å². The lowest BCUT2D eigenvalue weighted by atomic mass is 10.1. The molecule has 0 aliphatic carbocycles. The minimum atomic E-state index is 0.582. The van der Waals surface area contributed by atoms with Crippen LogP contribution in [0.3, 0.4) is 0 Å². The molecular formula is C14H14O. The van der Waals surface area contributed by atoms with Gasteiger partial charge in [0.2, 0.25) is 0 Å². The van der Waals surface area contributed by atoms with Gasteiger partial charge in [-0.15, -0.1) is 0 Å². The summed E-state index contributed by atoms with van der Waals surface area (Å²) < 4.78 is 5.58. The van der Waals surface area contributed by atoms with E-state index in [0.29, 0.717) is 6.61 Å². The van der Waals surface area contributed by atoms with E-state index in [9.17, 15) is 0 Å². The largest absolute Gasteiger partial charge is 0.489 e. The van der Waals surface area contributed by atoms with E-state index in [-0.39, 0.29) is 0 Å². The summed E-state index contributed by atoms with van der Waals surface area (Å²) in [6, 6.07) is 14.4. The number of hydrogen-bond donors (Lipinski definition) is 0. The Morgan fingerprint density at radius 3 is 2.60 bits per heavy atom. The average molecular weight is 198 g/mol. The van der Waals surface area contributed by atoms with E-state index in [2.05, 4.69) is 30.8 Å². The fourth-order valence-electron chi connectivity index (χ4n) is 1.46. The number of rotatable bonds is 3. The summed E-state index contributed by atoms with van der Waals surface area (Å²) in [4.78, 5) is 0. The summed E-state index contributed by atoms with van der Waals surface area (Å²) in [5.74, 6) is 0.900. The van der Waals surface area contributed by atoms with Gasteiger partial charge >= 0.3 is 0 Å². The smallest absolute Gasteiger partial charge is 0.120 e. The van der Waals surface area contributed by atoms with Crippen molar-refractivity contribution in [2.24, 2.45) is 0 Å². The minimum absolute atomic E-state index is 0.582. The second kappa shape index (κ2) is 4.18. The molecule has 0 radical (unpaired) electrons. The van der Waals surface area contributed by atoms with Crippen LogP contribution >= 0.6 is 0 Å². The maximum Gasteiger partial charge on any atom is 0.120 e. The van der Waals surface area contributed by atoms with Crippen LogP contribution in [-0.2, 0) is 0 Å². The van der Waals surface area contributed by atoms with Crippen LogP contribution in [0.2, 0.25) is 0 Å². The molecule has 0 unspecified atom stereocenters. The van der Waals surface area contributed by atoms with Gasteiger partial charge in [-0.05, 0) is 35.4 Å². The molecule has 0 heterocycles. The summed E-state index contributed by atoms with van der Waals surface area (Å²) in [5.41, 5.74) is 1.03. The second-order valence-electron chi connectivity index (χ2n) is 3.75. The Kier molecular flexibility index (Phi) is 2.72. The zero-order valence-corrected chi connectivity index (χ0v) is 8.86. The highest BCUT2D eigenvalue weighted by Crippen LogP contribution is 2.20. The molecule has 2 rings (SSSR count). The Hall–Kier alpha value is -1.76. The van der Waals surface area contributed by atoms with Crippen molar-refractivity contribution in [3.05, 3.63) is 54.6 Å². The van der Waals surface area contributed by atoms with E-state index in [4.69, 9.17) is 4.74 Å². The van der Waals surface area contributed by atoms with Crippen molar-refractivity contribution < 1.29 is 4.74 Å². The topological polar surface area (TPSA) is 9.23 Å². The van der Waals surface area contributed by atoms with Gasteiger partial charge in [0.15, 0.2) is 0 Å². The van der Waals surface area contributed by atoms with Gasteiger partial charge in [0, 0.05) is 0 Å². The molecule has 0 aliphatic rings. The quantitative estimate of drug-likeness (QED) is 0.682. The van der Waals surface area contributed by atoms with E-state index in [1.807, 2.05) is 25.1 Å². The van der Waals surface area contributed by atoms with Crippen molar-refractivity contribution in [2.75, 3.05) is 6.61 Å². The molecule has 0 saturated carbocycles. The first-order chi connectivity index (χ1) is 7.25. The fourth-order valence-corrected chi connectivity index (χ4v) is 1.46. The summed E-state index contributed by atoms with van der Waals surface area (Å²) in [5, 5.41) is 2.44. The molecule has 0 saturated heterocycles. The first-order valence-corrected chi connectivity index (χ1v) is 5.02. The molecule has 0 bridgehead atoms. The number of benzene rings is 2. The lowest BCUT2D eigenvalue weighted by molar-refractivity contribution is 0.353. The summed E-state index contributed by atoms with van der Waals surface area (Å²) >= 11 is 0. The maximum absolute atomic E-state index is 5.58. The van der Waals surface area contributed by atoms with Gasteiger partial charge in [0.05, 0.1) is 0 Å². The van der Waals surface area contributed by atoms with Crippen molar-refractivity contribution in [1.82, 2.24) is 0 Å². The zero-order chi connectivity index (χ0) is 10.7. The molecule has 2 aromatic rings. The lowest BCUT2D eigenvalue weighted by Crippen LogP contribution is -1.97. The molecule has 1 nitrogen and oxygen atoms in total. The summed E-state index contributed by atoms with van der Waals surface area (Å²) in [6.45, 7) is 6.35. The molecule has 15 heavy (non-hydrogen) atoms. The second-order valence-corrected chi connectivity index (χ2v) is 3.75. The van der Waals surface area contributed by atoms with Gasteiger partial charge in [-0.1, -0.05) is 36.9 Å². The predicted octanol–water partition coefficient (Wildman–Crippen LogP) is 3.79. The SMILES string of the molecule is C=C(C)COc1ccc2ccccc2c1. The van der Waals surface area contributed by atoms with Crippen LogP contribution in [0.1, 0.15) is 6.92 Å². The molecule has 0 fully saturated rings. The third-order valence-corrected chi connectivity index (χ3v) is 2.21. The number of ether oxygens (including phenoxy) is 1. The average Bonchev–Trinajstić information content (AvgIpc) is 2.26. The van der Waals surface area contributed by atoms with E-state index in [0.717, 1.165) is 11.3 Å². The van der Waals surface area contributed by atoms with E-state index in [1.54, 1.807) is 0 Å². The van der Waals surface area contributed by atoms with Gasteiger partial charge in [-0.2, -0.15) is 0 Å². The standard InChI is InChI=1S/C14H14O/c1-11(2)10-15-14-8-7-12-5-3-4-6-13(12)9-14/h3-9H,1,10H2,2H3. The Bertz CT molecular complexity index is 485. The van der Waals surface area contributed by atoms with E-state index in [1.165, 1.54) is 10.8 Å².